The number of thiazole rings is 1. The van der Waals surface area contributed by atoms with Crippen molar-refractivity contribution >= 4 is 32.4 Å². The number of nitrogens with one attached hydrogen (secondary N) is 1. The molecule has 6 heteroatoms. The minimum absolute atomic E-state index is 0.289. The first kappa shape index (κ1) is 13.6. The van der Waals surface area contributed by atoms with Gasteiger partial charge >= 0.3 is 0 Å². The van der Waals surface area contributed by atoms with Crippen molar-refractivity contribution in [3.05, 3.63) is 42.2 Å². The molecule has 0 fully saturated rings. The SMILES string of the molecule is COc1cc(Nc2nc3cc(F)ccc3s2)cc(OC)c1. The molecule has 0 unspecified atom stereocenters. The second-order valence-electron chi connectivity index (χ2n) is 4.36. The maximum atomic E-state index is 13.2. The van der Waals surface area contributed by atoms with Crippen LogP contribution < -0.4 is 14.8 Å². The van der Waals surface area contributed by atoms with Crippen molar-refractivity contribution in [1.29, 1.82) is 0 Å². The van der Waals surface area contributed by atoms with Crippen molar-refractivity contribution < 1.29 is 13.9 Å². The molecular formula is C15H13FN2O2S. The molecule has 1 heterocycles. The van der Waals surface area contributed by atoms with Crippen LogP contribution in [0.2, 0.25) is 0 Å². The lowest BCUT2D eigenvalue weighted by Crippen LogP contribution is -1.93. The summed E-state index contributed by atoms with van der Waals surface area (Å²) in [7, 11) is 3.19. The highest BCUT2D eigenvalue weighted by Gasteiger charge is 2.07. The zero-order valence-electron chi connectivity index (χ0n) is 11.5. The number of methoxy groups -OCH3 is 2. The summed E-state index contributed by atoms with van der Waals surface area (Å²) in [6.45, 7) is 0. The lowest BCUT2D eigenvalue weighted by molar-refractivity contribution is 0.395. The van der Waals surface area contributed by atoms with Gasteiger partial charge < -0.3 is 14.8 Å². The van der Waals surface area contributed by atoms with Crippen LogP contribution in [0.3, 0.4) is 0 Å². The van der Waals surface area contributed by atoms with Crippen molar-refractivity contribution in [1.82, 2.24) is 4.98 Å². The summed E-state index contributed by atoms with van der Waals surface area (Å²) < 4.78 is 24.6. The summed E-state index contributed by atoms with van der Waals surface area (Å²) in [5.74, 6) is 1.08. The maximum Gasteiger partial charge on any atom is 0.188 e. The van der Waals surface area contributed by atoms with E-state index in [-0.39, 0.29) is 5.82 Å². The number of benzene rings is 2. The van der Waals surface area contributed by atoms with Gasteiger partial charge in [0.1, 0.15) is 17.3 Å². The van der Waals surface area contributed by atoms with Crippen molar-refractivity contribution in [2.75, 3.05) is 19.5 Å². The summed E-state index contributed by atoms with van der Waals surface area (Å²) in [5.41, 5.74) is 1.43. The van der Waals surface area contributed by atoms with E-state index in [2.05, 4.69) is 10.3 Å². The summed E-state index contributed by atoms with van der Waals surface area (Å²) in [4.78, 5) is 4.37. The Kier molecular flexibility index (Phi) is 3.62. The van der Waals surface area contributed by atoms with Crippen LogP contribution in [0.15, 0.2) is 36.4 Å². The molecule has 1 aromatic heterocycles. The molecule has 3 rings (SSSR count). The second-order valence-corrected chi connectivity index (χ2v) is 5.39. The molecule has 0 spiro atoms. The first-order valence-electron chi connectivity index (χ1n) is 6.24. The van der Waals surface area contributed by atoms with E-state index >= 15 is 0 Å². The van der Waals surface area contributed by atoms with Crippen LogP contribution >= 0.6 is 11.3 Å². The molecule has 0 aliphatic rings. The van der Waals surface area contributed by atoms with Crippen LogP contribution in [0.25, 0.3) is 10.2 Å². The highest BCUT2D eigenvalue weighted by Crippen LogP contribution is 2.32. The summed E-state index contributed by atoms with van der Waals surface area (Å²) in [5, 5.41) is 3.87. The van der Waals surface area contributed by atoms with Crippen LogP contribution in [-0.4, -0.2) is 19.2 Å². The van der Waals surface area contributed by atoms with E-state index in [4.69, 9.17) is 9.47 Å². The van der Waals surface area contributed by atoms with E-state index in [9.17, 15) is 4.39 Å². The number of hydrogen-bond acceptors (Lipinski definition) is 5. The highest BCUT2D eigenvalue weighted by atomic mass is 32.1. The third-order valence-corrected chi connectivity index (χ3v) is 3.90. The van der Waals surface area contributed by atoms with Gasteiger partial charge in [0.2, 0.25) is 0 Å². The Morgan fingerprint density at radius 3 is 2.43 bits per heavy atom. The lowest BCUT2D eigenvalue weighted by Gasteiger charge is -2.08. The van der Waals surface area contributed by atoms with Crippen molar-refractivity contribution in [2.45, 2.75) is 0 Å². The predicted molar refractivity (Wildman–Crippen MR) is 82.4 cm³/mol. The molecule has 0 atom stereocenters. The minimum Gasteiger partial charge on any atom is -0.497 e. The number of hydrogen-bond donors (Lipinski definition) is 1. The Hall–Kier alpha value is -2.34. The Bertz CT molecular complexity index is 766. The van der Waals surface area contributed by atoms with Gasteiger partial charge in [-0.25, -0.2) is 9.37 Å². The smallest absolute Gasteiger partial charge is 0.188 e. The topological polar surface area (TPSA) is 43.4 Å². The average Bonchev–Trinajstić information content (AvgIpc) is 2.87. The van der Waals surface area contributed by atoms with Crippen LogP contribution in [0, 0.1) is 5.82 Å². The molecule has 0 aliphatic heterocycles. The largest absolute Gasteiger partial charge is 0.497 e. The van der Waals surface area contributed by atoms with E-state index in [1.807, 2.05) is 12.1 Å². The predicted octanol–water partition coefficient (Wildman–Crippen LogP) is 4.20. The Balaban J connectivity index is 1.94. The molecule has 0 saturated heterocycles. The molecule has 1 N–H and O–H groups in total. The monoisotopic (exact) mass is 304 g/mol. The number of aromatic nitrogens is 1. The molecule has 2 aromatic carbocycles. The van der Waals surface area contributed by atoms with Gasteiger partial charge in [-0.05, 0) is 12.1 Å². The van der Waals surface area contributed by atoms with Gasteiger partial charge in [0, 0.05) is 30.0 Å². The molecule has 0 amide bonds. The molecule has 3 aromatic rings. The molecule has 21 heavy (non-hydrogen) atoms. The highest BCUT2D eigenvalue weighted by molar-refractivity contribution is 7.22. The first-order chi connectivity index (χ1) is 10.2. The van der Waals surface area contributed by atoms with Gasteiger partial charge in [-0.3, -0.25) is 0 Å². The summed E-state index contributed by atoms with van der Waals surface area (Å²) in [6, 6.07) is 10.0. The van der Waals surface area contributed by atoms with E-state index in [1.54, 1.807) is 26.4 Å². The number of rotatable bonds is 4. The summed E-state index contributed by atoms with van der Waals surface area (Å²) in [6.07, 6.45) is 0. The third-order valence-electron chi connectivity index (χ3n) is 2.95. The van der Waals surface area contributed by atoms with Crippen molar-refractivity contribution in [2.24, 2.45) is 0 Å². The van der Waals surface area contributed by atoms with Gasteiger partial charge in [0.05, 0.1) is 24.4 Å². The normalized spacial score (nSPS) is 10.6. The zero-order chi connectivity index (χ0) is 14.8. The van der Waals surface area contributed by atoms with Crippen LogP contribution in [0.4, 0.5) is 15.2 Å². The Morgan fingerprint density at radius 2 is 1.76 bits per heavy atom. The van der Waals surface area contributed by atoms with E-state index < -0.39 is 0 Å². The quantitative estimate of drug-likeness (QED) is 0.784. The van der Waals surface area contributed by atoms with E-state index in [1.165, 1.54) is 23.5 Å². The Morgan fingerprint density at radius 1 is 1.05 bits per heavy atom. The number of halogens is 1. The maximum absolute atomic E-state index is 13.2. The van der Waals surface area contributed by atoms with Crippen LogP contribution in [0.5, 0.6) is 11.5 Å². The first-order valence-corrected chi connectivity index (χ1v) is 7.06. The molecular weight excluding hydrogens is 291 g/mol. The number of ether oxygens (including phenoxy) is 2. The molecule has 4 nitrogen and oxygen atoms in total. The molecule has 108 valence electrons. The van der Waals surface area contributed by atoms with Gasteiger partial charge in [0.25, 0.3) is 0 Å². The molecule has 0 saturated carbocycles. The fraction of sp³-hybridized carbons (Fsp3) is 0.133. The number of anilines is 2. The van der Waals surface area contributed by atoms with Crippen molar-refractivity contribution in [3.63, 3.8) is 0 Å². The van der Waals surface area contributed by atoms with Gasteiger partial charge in [-0.2, -0.15) is 0 Å². The van der Waals surface area contributed by atoms with Gasteiger partial charge in [-0.15, -0.1) is 0 Å². The van der Waals surface area contributed by atoms with Crippen molar-refractivity contribution in [3.8, 4) is 11.5 Å². The second kappa shape index (κ2) is 5.57. The Labute approximate surface area is 125 Å². The van der Waals surface area contributed by atoms with Gasteiger partial charge in [-0.1, -0.05) is 11.3 Å². The standard InChI is InChI=1S/C15H13FN2O2S/c1-19-11-6-10(7-12(8-11)20-2)17-15-18-13-5-9(16)3-4-14(13)21-15/h3-8H,1-2H3,(H,17,18). The van der Waals surface area contributed by atoms with Crippen LogP contribution in [0.1, 0.15) is 0 Å². The molecule has 0 bridgehead atoms. The molecule has 0 aliphatic carbocycles. The fourth-order valence-electron chi connectivity index (χ4n) is 1.96. The molecule has 0 radical (unpaired) electrons. The zero-order valence-corrected chi connectivity index (χ0v) is 12.3. The van der Waals surface area contributed by atoms with E-state index in [0.29, 0.717) is 22.1 Å². The number of fused-ring (bicyclic) bond motifs is 1. The average molecular weight is 304 g/mol. The van der Waals surface area contributed by atoms with Gasteiger partial charge in [0.15, 0.2) is 5.13 Å². The van der Waals surface area contributed by atoms with E-state index in [0.717, 1.165) is 10.4 Å². The van der Waals surface area contributed by atoms with Crippen LogP contribution in [-0.2, 0) is 0 Å². The number of nitrogens with zero attached hydrogens (tertiary/aromatic N) is 1. The third kappa shape index (κ3) is 2.90. The lowest BCUT2D eigenvalue weighted by atomic mass is 10.3. The minimum atomic E-state index is -0.289. The summed E-state index contributed by atoms with van der Waals surface area (Å²) >= 11 is 1.46. The fourth-order valence-corrected chi connectivity index (χ4v) is 2.82.